The number of carbonyl (C=O) groups excluding carboxylic acids is 2. The molecular formula is C15H17NO4. The first-order valence-corrected chi connectivity index (χ1v) is 6.68. The predicted molar refractivity (Wildman–Crippen MR) is 72.3 cm³/mol. The molecule has 1 atom stereocenters. The molecule has 5 heteroatoms. The van der Waals surface area contributed by atoms with Crippen LogP contribution >= 0.6 is 0 Å². The summed E-state index contributed by atoms with van der Waals surface area (Å²) in [6.07, 6.45) is 1.78. The number of amides is 1. The summed E-state index contributed by atoms with van der Waals surface area (Å²) >= 11 is 0. The van der Waals surface area contributed by atoms with Crippen LogP contribution in [-0.2, 0) is 9.59 Å². The molecule has 2 rings (SSSR count). The van der Waals surface area contributed by atoms with Gasteiger partial charge in [0.25, 0.3) is 0 Å². The molecule has 20 heavy (non-hydrogen) atoms. The molecule has 1 aliphatic carbocycles. The summed E-state index contributed by atoms with van der Waals surface area (Å²) < 4.78 is 0. The lowest BCUT2D eigenvalue weighted by Crippen LogP contribution is -2.42. The van der Waals surface area contributed by atoms with E-state index in [1.54, 1.807) is 24.3 Å². The second kappa shape index (κ2) is 6.32. The zero-order valence-corrected chi connectivity index (χ0v) is 11.0. The van der Waals surface area contributed by atoms with Gasteiger partial charge in [-0.05, 0) is 18.8 Å². The highest BCUT2D eigenvalue weighted by molar-refractivity contribution is 5.98. The first-order chi connectivity index (χ1) is 9.58. The summed E-state index contributed by atoms with van der Waals surface area (Å²) in [5, 5.41) is 11.5. The van der Waals surface area contributed by atoms with Gasteiger partial charge in [0.15, 0.2) is 5.78 Å². The van der Waals surface area contributed by atoms with Crippen molar-refractivity contribution < 1.29 is 19.5 Å². The topological polar surface area (TPSA) is 83.5 Å². The number of Topliss-reactive ketones (excluding diaryl/α,β-unsaturated/α-hetero) is 1. The molecule has 0 radical (unpaired) electrons. The number of carbonyl (C=O) groups is 3. The Hall–Kier alpha value is -2.17. The van der Waals surface area contributed by atoms with E-state index >= 15 is 0 Å². The predicted octanol–water partition coefficient (Wildman–Crippen LogP) is 1.63. The van der Waals surface area contributed by atoms with Gasteiger partial charge in [0.1, 0.15) is 6.04 Å². The van der Waals surface area contributed by atoms with Gasteiger partial charge in [0.05, 0.1) is 0 Å². The third kappa shape index (κ3) is 3.91. The molecule has 2 N–H and O–H groups in total. The maximum absolute atomic E-state index is 11.8. The zero-order valence-electron chi connectivity index (χ0n) is 11.0. The van der Waals surface area contributed by atoms with Crippen molar-refractivity contribution in [2.24, 2.45) is 5.92 Å². The van der Waals surface area contributed by atoms with E-state index in [9.17, 15) is 14.4 Å². The van der Waals surface area contributed by atoms with E-state index in [0.29, 0.717) is 5.56 Å². The minimum absolute atomic E-state index is 0.0181. The smallest absolute Gasteiger partial charge is 0.326 e. The van der Waals surface area contributed by atoms with Crippen molar-refractivity contribution in [2.45, 2.75) is 31.7 Å². The minimum atomic E-state index is -1.00. The fourth-order valence-corrected chi connectivity index (χ4v) is 2.05. The molecule has 1 aromatic rings. The van der Waals surface area contributed by atoms with Gasteiger partial charge in [-0.3, -0.25) is 9.59 Å². The molecule has 0 aromatic heterocycles. The van der Waals surface area contributed by atoms with Crippen LogP contribution in [0.1, 0.15) is 36.0 Å². The van der Waals surface area contributed by atoms with Crippen LogP contribution in [0.25, 0.3) is 0 Å². The van der Waals surface area contributed by atoms with Crippen LogP contribution in [0.4, 0.5) is 0 Å². The first kappa shape index (κ1) is 14.2. The highest BCUT2D eigenvalue weighted by Gasteiger charge is 2.37. The van der Waals surface area contributed by atoms with Crippen LogP contribution < -0.4 is 5.32 Å². The standard InChI is InChI=1S/C15H17NO4/c17-12(10-4-2-1-3-5-10)8-9-13(18)16-14(15(19)20)11-6-7-11/h1-5,11,14H,6-9H2,(H,16,18)(H,19,20). The monoisotopic (exact) mass is 275 g/mol. The third-order valence-corrected chi connectivity index (χ3v) is 3.35. The first-order valence-electron chi connectivity index (χ1n) is 6.68. The Bertz CT molecular complexity index is 508. The average Bonchev–Trinajstić information content (AvgIpc) is 3.27. The van der Waals surface area contributed by atoms with Crippen molar-refractivity contribution >= 4 is 17.7 Å². The molecule has 0 saturated heterocycles. The lowest BCUT2D eigenvalue weighted by molar-refractivity contribution is -0.142. The molecule has 1 saturated carbocycles. The summed E-state index contributed by atoms with van der Waals surface area (Å²) in [7, 11) is 0. The van der Waals surface area contributed by atoms with Gasteiger partial charge in [0, 0.05) is 18.4 Å². The maximum Gasteiger partial charge on any atom is 0.326 e. The summed E-state index contributed by atoms with van der Waals surface area (Å²) in [4.78, 5) is 34.5. The number of hydrogen-bond acceptors (Lipinski definition) is 3. The largest absolute Gasteiger partial charge is 0.480 e. The van der Waals surface area contributed by atoms with E-state index in [0.717, 1.165) is 12.8 Å². The summed E-state index contributed by atoms with van der Waals surface area (Å²) in [6.45, 7) is 0. The zero-order chi connectivity index (χ0) is 14.5. The molecule has 5 nitrogen and oxygen atoms in total. The van der Waals surface area contributed by atoms with E-state index < -0.39 is 12.0 Å². The normalized spacial score (nSPS) is 15.4. The molecule has 106 valence electrons. The fourth-order valence-electron chi connectivity index (χ4n) is 2.05. The van der Waals surface area contributed by atoms with E-state index in [1.165, 1.54) is 0 Å². The van der Waals surface area contributed by atoms with Crippen LogP contribution in [0.3, 0.4) is 0 Å². The Morgan fingerprint density at radius 1 is 1.15 bits per heavy atom. The number of nitrogens with one attached hydrogen (secondary N) is 1. The van der Waals surface area contributed by atoms with Gasteiger partial charge in [-0.15, -0.1) is 0 Å². The SMILES string of the molecule is O=C(CCC(=O)c1ccccc1)NC(C(=O)O)C1CC1. The Kier molecular flexibility index (Phi) is 4.50. The molecule has 0 aliphatic heterocycles. The van der Waals surface area contributed by atoms with Crippen LogP contribution in [0.2, 0.25) is 0 Å². The second-order valence-corrected chi connectivity index (χ2v) is 5.01. The van der Waals surface area contributed by atoms with Gasteiger partial charge >= 0.3 is 5.97 Å². The van der Waals surface area contributed by atoms with Gasteiger partial charge in [-0.2, -0.15) is 0 Å². The number of aliphatic carboxylic acids is 1. The van der Waals surface area contributed by atoms with Crippen LogP contribution in [0.5, 0.6) is 0 Å². The van der Waals surface area contributed by atoms with Crippen molar-refractivity contribution in [3.05, 3.63) is 35.9 Å². The second-order valence-electron chi connectivity index (χ2n) is 5.01. The lowest BCUT2D eigenvalue weighted by Gasteiger charge is -2.13. The van der Waals surface area contributed by atoms with E-state index in [-0.39, 0.29) is 30.4 Å². The number of benzene rings is 1. The Morgan fingerprint density at radius 3 is 2.35 bits per heavy atom. The summed E-state index contributed by atoms with van der Waals surface area (Å²) in [5.41, 5.74) is 0.567. The molecule has 0 heterocycles. The minimum Gasteiger partial charge on any atom is -0.480 e. The van der Waals surface area contributed by atoms with E-state index in [1.807, 2.05) is 6.07 Å². The molecular weight excluding hydrogens is 258 g/mol. The maximum atomic E-state index is 11.8. The lowest BCUT2D eigenvalue weighted by atomic mass is 10.1. The summed E-state index contributed by atoms with van der Waals surface area (Å²) in [5.74, 6) is -1.45. The van der Waals surface area contributed by atoms with E-state index in [4.69, 9.17) is 5.11 Å². The number of carboxylic acids is 1. The summed E-state index contributed by atoms with van der Waals surface area (Å²) in [6, 6.07) is 7.93. The Morgan fingerprint density at radius 2 is 1.80 bits per heavy atom. The Labute approximate surface area is 117 Å². The molecule has 1 fully saturated rings. The van der Waals surface area contributed by atoms with Crippen molar-refractivity contribution in [2.75, 3.05) is 0 Å². The van der Waals surface area contributed by atoms with Gasteiger partial charge in [-0.25, -0.2) is 4.79 Å². The van der Waals surface area contributed by atoms with Crippen LogP contribution in [-0.4, -0.2) is 28.8 Å². The number of carboxylic acid groups (broad SMARTS) is 1. The highest BCUT2D eigenvalue weighted by Crippen LogP contribution is 2.32. The van der Waals surface area contributed by atoms with E-state index in [2.05, 4.69) is 5.32 Å². The number of ketones is 1. The quantitative estimate of drug-likeness (QED) is 0.741. The van der Waals surface area contributed by atoms with Gasteiger partial charge < -0.3 is 10.4 Å². The van der Waals surface area contributed by atoms with Gasteiger partial charge in [-0.1, -0.05) is 30.3 Å². The van der Waals surface area contributed by atoms with Gasteiger partial charge in [0.2, 0.25) is 5.91 Å². The number of hydrogen-bond donors (Lipinski definition) is 2. The number of rotatable bonds is 7. The van der Waals surface area contributed by atoms with Crippen LogP contribution in [0.15, 0.2) is 30.3 Å². The third-order valence-electron chi connectivity index (χ3n) is 3.35. The molecule has 1 aromatic carbocycles. The molecule has 0 spiro atoms. The van der Waals surface area contributed by atoms with Crippen molar-refractivity contribution in [1.82, 2.24) is 5.32 Å². The molecule has 0 bridgehead atoms. The fraction of sp³-hybridized carbons (Fsp3) is 0.400. The molecule has 1 unspecified atom stereocenters. The highest BCUT2D eigenvalue weighted by atomic mass is 16.4. The average molecular weight is 275 g/mol. The molecule has 1 amide bonds. The molecule has 1 aliphatic rings. The van der Waals surface area contributed by atoms with Crippen molar-refractivity contribution in [3.8, 4) is 0 Å². The van der Waals surface area contributed by atoms with Crippen molar-refractivity contribution in [1.29, 1.82) is 0 Å². The Balaban J connectivity index is 1.80. The van der Waals surface area contributed by atoms with Crippen LogP contribution in [0, 0.1) is 5.92 Å². The van der Waals surface area contributed by atoms with Crippen molar-refractivity contribution in [3.63, 3.8) is 0 Å².